The largest absolute Gasteiger partial charge is 0.580 e. The van der Waals surface area contributed by atoms with Crippen molar-refractivity contribution in [3.63, 3.8) is 0 Å². The molecular weight excluding hydrogens is 148 g/mol. The Bertz CT molecular complexity index is 102. The van der Waals surface area contributed by atoms with Gasteiger partial charge in [-0.25, -0.2) is 0 Å². The van der Waals surface area contributed by atoms with Crippen LogP contribution in [0.5, 0.6) is 0 Å². The van der Waals surface area contributed by atoms with E-state index >= 15 is 0 Å². The molecule has 1 atom stereocenters. The molecule has 0 amide bonds. The first-order valence-corrected chi connectivity index (χ1v) is 3.65. The number of halogens is 1. The van der Waals surface area contributed by atoms with Gasteiger partial charge in [0.1, 0.15) is 6.54 Å². The van der Waals surface area contributed by atoms with Gasteiger partial charge in [0.05, 0.1) is 13.1 Å². The molecular formula is C3H4ClN2OS. The maximum atomic E-state index is 10.1. The van der Waals surface area contributed by atoms with Gasteiger partial charge in [-0.3, -0.25) is 0 Å². The van der Waals surface area contributed by atoms with Gasteiger partial charge in [-0.15, -0.1) is 0 Å². The maximum absolute atomic E-state index is 10.1. The van der Waals surface area contributed by atoms with Crippen LogP contribution in [-0.4, -0.2) is 15.4 Å². The van der Waals surface area contributed by atoms with E-state index in [-0.39, 0.29) is 6.54 Å². The molecule has 0 spiro atoms. The molecule has 0 heterocycles. The van der Waals surface area contributed by atoms with Gasteiger partial charge in [-0.05, 0) is 0 Å². The van der Waals surface area contributed by atoms with Crippen LogP contribution < -0.4 is 0 Å². The van der Waals surface area contributed by atoms with Crippen LogP contribution in [0.25, 0.3) is 0 Å². The van der Waals surface area contributed by atoms with E-state index < -0.39 is 10.6 Å². The molecule has 1 unspecified atom stereocenters. The highest BCUT2D eigenvalue weighted by Gasteiger charge is 2.09. The smallest absolute Gasteiger partial charge is 0.200 e. The summed E-state index contributed by atoms with van der Waals surface area (Å²) in [7, 11) is 6.56. The van der Waals surface area contributed by atoms with Crippen LogP contribution >= 0.6 is 10.7 Å². The molecule has 1 radical (unpaired) electrons. The summed E-state index contributed by atoms with van der Waals surface area (Å²) < 4.78 is 11.1. The summed E-state index contributed by atoms with van der Waals surface area (Å²) in [4.78, 5) is 0. The first kappa shape index (κ1) is 8.05. The lowest BCUT2D eigenvalue weighted by atomic mass is 10.7. The average Bonchev–Trinajstić information content (AvgIpc) is 1.67. The van der Waals surface area contributed by atoms with Crippen molar-refractivity contribution in [2.24, 2.45) is 0 Å². The SMILES string of the molecule is [CH2]N(CC#N)[S+]([O-])Cl. The molecule has 0 aliphatic heterocycles. The maximum Gasteiger partial charge on any atom is 0.200 e. The first-order chi connectivity index (χ1) is 3.68. The highest BCUT2D eigenvalue weighted by molar-refractivity contribution is 8.11. The fraction of sp³-hybridized carbons (Fsp3) is 0.333. The van der Waals surface area contributed by atoms with Crippen LogP contribution in [0.3, 0.4) is 0 Å². The molecule has 0 aromatic heterocycles. The number of hydrogen-bond donors (Lipinski definition) is 0. The van der Waals surface area contributed by atoms with E-state index in [1.807, 2.05) is 0 Å². The molecule has 3 nitrogen and oxygen atoms in total. The Morgan fingerprint density at radius 3 is 2.62 bits per heavy atom. The van der Waals surface area contributed by atoms with Crippen molar-refractivity contribution in [1.29, 1.82) is 5.26 Å². The molecule has 0 fully saturated rings. The minimum absolute atomic E-state index is 0.0177. The third-order valence-corrected chi connectivity index (χ3v) is 1.57. The van der Waals surface area contributed by atoms with Gasteiger partial charge in [-0.1, -0.05) is 4.31 Å². The summed E-state index contributed by atoms with van der Waals surface area (Å²) in [6.45, 7) is -0.0177. The molecule has 5 heteroatoms. The monoisotopic (exact) mass is 151 g/mol. The Balaban J connectivity index is 3.35. The molecule has 0 rings (SSSR count). The second-order valence-corrected chi connectivity index (χ2v) is 2.73. The van der Waals surface area contributed by atoms with Gasteiger partial charge >= 0.3 is 0 Å². The van der Waals surface area contributed by atoms with Crippen molar-refractivity contribution in [3.8, 4) is 6.07 Å². The third-order valence-electron chi connectivity index (χ3n) is 0.450. The Morgan fingerprint density at radius 2 is 2.50 bits per heavy atom. The van der Waals surface area contributed by atoms with Gasteiger partial charge in [-0.2, -0.15) is 5.26 Å². The fourth-order valence-electron chi connectivity index (χ4n) is 0.130. The summed E-state index contributed by atoms with van der Waals surface area (Å²) >= 11 is 0. The standard InChI is InChI=1S/C3H4ClN2OS/c1-6(3-2-5)8(4)7/h1,3H2. The summed E-state index contributed by atoms with van der Waals surface area (Å²) in [5.74, 6) is 0. The van der Waals surface area contributed by atoms with Crippen LogP contribution in [0.1, 0.15) is 0 Å². The van der Waals surface area contributed by atoms with Gasteiger partial charge in [0.15, 0.2) is 21.3 Å². The number of nitriles is 1. The van der Waals surface area contributed by atoms with E-state index in [1.165, 1.54) is 0 Å². The summed E-state index contributed by atoms with van der Waals surface area (Å²) in [6, 6.07) is 1.73. The lowest BCUT2D eigenvalue weighted by molar-refractivity contribution is 0.538. The Labute approximate surface area is 55.7 Å². The minimum Gasteiger partial charge on any atom is -0.580 e. The lowest BCUT2D eigenvalue weighted by Crippen LogP contribution is -2.19. The topological polar surface area (TPSA) is 50.1 Å². The highest BCUT2D eigenvalue weighted by atomic mass is 35.7. The molecule has 0 aliphatic rings. The van der Waals surface area contributed by atoms with Crippen molar-refractivity contribution in [3.05, 3.63) is 7.05 Å². The Kier molecular flexibility index (Phi) is 4.01. The molecule has 0 aromatic carbocycles. The number of nitrogens with zero attached hydrogens (tertiary/aromatic N) is 2. The van der Waals surface area contributed by atoms with Gasteiger partial charge in [0, 0.05) is 0 Å². The van der Waals surface area contributed by atoms with E-state index in [4.69, 9.17) is 15.9 Å². The van der Waals surface area contributed by atoms with E-state index in [0.29, 0.717) is 0 Å². The van der Waals surface area contributed by atoms with Gasteiger partial charge < -0.3 is 4.55 Å². The lowest BCUT2D eigenvalue weighted by Gasteiger charge is -2.06. The molecule has 0 bridgehead atoms. The molecule has 0 saturated carbocycles. The van der Waals surface area contributed by atoms with Crippen LogP contribution in [0.4, 0.5) is 0 Å². The number of rotatable bonds is 2. The van der Waals surface area contributed by atoms with Crippen molar-refractivity contribution in [2.75, 3.05) is 6.54 Å². The quantitative estimate of drug-likeness (QED) is 0.425. The zero-order chi connectivity index (χ0) is 6.57. The van der Waals surface area contributed by atoms with Crippen molar-refractivity contribution >= 4 is 21.3 Å². The van der Waals surface area contributed by atoms with Gasteiger partial charge in [0.2, 0.25) is 0 Å². The first-order valence-electron chi connectivity index (χ1n) is 1.71. The Hall–Kier alpha value is 0.0500. The van der Waals surface area contributed by atoms with E-state index in [9.17, 15) is 4.55 Å². The molecule has 8 heavy (non-hydrogen) atoms. The van der Waals surface area contributed by atoms with E-state index in [1.54, 1.807) is 6.07 Å². The predicted molar refractivity (Wildman–Crippen MR) is 31.7 cm³/mol. The average molecular weight is 152 g/mol. The Morgan fingerprint density at radius 1 is 2.00 bits per heavy atom. The van der Waals surface area contributed by atoms with Crippen molar-refractivity contribution in [1.82, 2.24) is 4.31 Å². The summed E-state index contributed by atoms with van der Waals surface area (Å²) in [5, 5.41) is 7.96. The second kappa shape index (κ2) is 3.98. The van der Waals surface area contributed by atoms with Crippen LogP contribution in [0, 0.1) is 18.4 Å². The van der Waals surface area contributed by atoms with Crippen LogP contribution in [-0.2, 0) is 10.6 Å². The van der Waals surface area contributed by atoms with E-state index in [2.05, 4.69) is 7.05 Å². The molecule has 0 aromatic rings. The second-order valence-electron chi connectivity index (χ2n) is 1.00. The predicted octanol–water partition coefficient (Wildman–Crippen LogP) is 0.421. The molecule has 45 valence electrons. The van der Waals surface area contributed by atoms with Crippen LogP contribution in [0.2, 0.25) is 0 Å². The van der Waals surface area contributed by atoms with Crippen molar-refractivity contribution in [2.45, 2.75) is 0 Å². The van der Waals surface area contributed by atoms with Crippen LogP contribution in [0.15, 0.2) is 0 Å². The molecule has 0 N–H and O–H groups in total. The fourth-order valence-corrected chi connectivity index (χ4v) is 0.435. The number of hydrogen-bond acceptors (Lipinski definition) is 3. The normalized spacial score (nSPS) is 13.4. The van der Waals surface area contributed by atoms with Gasteiger partial charge in [0.25, 0.3) is 0 Å². The summed E-state index contributed by atoms with van der Waals surface area (Å²) in [6.07, 6.45) is 0. The molecule has 0 saturated heterocycles. The zero-order valence-electron chi connectivity index (χ0n) is 4.00. The minimum atomic E-state index is -1.64. The third kappa shape index (κ3) is 3.10. The highest BCUT2D eigenvalue weighted by Crippen LogP contribution is 2.01. The summed E-state index contributed by atoms with van der Waals surface area (Å²) in [5.41, 5.74) is 0. The molecule has 0 aliphatic carbocycles. The van der Waals surface area contributed by atoms with E-state index in [0.717, 1.165) is 4.31 Å². The van der Waals surface area contributed by atoms with Crippen molar-refractivity contribution < 1.29 is 4.55 Å². The zero-order valence-corrected chi connectivity index (χ0v) is 5.58.